The fourth-order valence-electron chi connectivity index (χ4n) is 3.35. The number of benzene rings is 3. The number of ether oxygens (including phenoxy) is 2. The molecule has 178 valence electrons. The Morgan fingerprint density at radius 2 is 1.77 bits per heavy atom. The van der Waals surface area contributed by atoms with Gasteiger partial charge in [-0.2, -0.15) is 0 Å². The van der Waals surface area contributed by atoms with Gasteiger partial charge in [0.15, 0.2) is 22.4 Å². The lowest BCUT2D eigenvalue weighted by Gasteiger charge is -2.15. The molecular formula is C26H21ClN2O4S2. The second-order valence-corrected chi connectivity index (χ2v) is 9.40. The Bertz CT molecular complexity index is 1280. The summed E-state index contributed by atoms with van der Waals surface area (Å²) in [4.78, 5) is 27.3. The molecule has 2 amide bonds. The highest BCUT2D eigenvalue weighted by atomic mass is 35.5. The van der Waals surface area contributed by atoms with Crippen LogP contribution in [-0.2, 0) is 9.59 Å². The molecule has 0 bridgehead atoms. The zero-order chi connectivity index (χ0) is 24.8. The van der Waals surface area contributed by atoms with Gasteiger partial charge in [0.2, 0.25) is 0 Å². The maximum absolute atomic E-state index is 13.0. The van der Waals surface area contributed by atoms with Crippen molar-refractivity contribution in [2.75, 3.05) is 23.4 Å². The van der Waals surface area contributed by atoms with Crippen molar-refractivity contribution in [2.24, 2.45) is 0 Å². The van der Waals surface area contributed by atoms with Gasteiger partial charge < -0.3 is 14.8 Å². The Morgan fingerprint density at radius 1 is 1.09 bits per heavy atom. The average molecular weight is 525 g/mol. The van der Waals surface area contributed by atoms with Crippen molar-refractivity contribution < 1.29 is 19.1 Å². The first-order valence-electron chi connectivity index (χ1n) is 10.7. The van der Waals surface area contributed by atoms with Crippen molar-refractivity contribution in [3.05, 3.63) is 88.3 Å². The fraction of sp³-hybridized carbons (Fsp3) is 0.115. The molecule has 0 unspecified atom stereocenters. The van der Waals surface area contributed by atoms with Gasteiger partial charge in [-0.3, -0.25) is 14.5 Å². The average Bonchev–Trinajstić information content (AvgIpc) is 3.12. The molecule has 1 fully saturated rings. The minimum absolute atomic E-state index is 0.210. The SMILES string of the molecule is CCOc1cc(/C=C2/SC(=S)N(c3ccccc3)C2=O)cc(Cl)c1OCC(=O)Nc1ccccc1. The number of rotatable bonds is 8. The maximum atomic E-state index is 13.0. The van der Waals surface area contributed by atoms with Crippen LogP contribution in [0.2, 0.25) is 5.02 Å². The molecule has 35 heavy (non-hydrogen) atoms. The molecule has 0 atom stereocenters. The molecule has 0 spiro atoms. The standard InChI is InChI=1S/C26H21ClN2O4S2/c1-2-32-21-14-17(15-22-25(31)29(26(34)35-22)19-11-7-4-8-12-19)13-20(27)24(21)33-16-23(30)28-18-9-5-3-6-10-18/h3-15H,2,16H2,1H3,(H,28,30)/b22-15+. The Kier molecular flexibility index (Phi) is 8.07. The van der Waals surface area contributed by atoms with Crippen LogP contribution < -0.4 is 19.7 Å². The van der Waals surface area contributed by atoms with Crippen LogP contribution in [0, 0.1) is 0 Å². The number of nitrogens with zero attached hydrogens (tertiary/aromatic N) is 1. The van der Waals surface area contributed by atoms with Crippen molar-refractivity contribution in [1.29, 1.82) is 0 Å². The first kappa shape index (κ1) is 24.8. The second-order valence-electron chi connectivity index (χ2n) is 7.32. The third kappa shape index (κ3) is 6.03. The number of anilines is 2. The summed E-state index contributed by atoms with van der Waals surface area (Å²) in [6.07, 6.45) is 1.71. The summed E-state index contributed by atoms with van der Waals surface area (Å²) in [5.41, 5.74) is 2.03. The summed E-state index contributed by atoms with van der Waals surface area (Å²) in [5.74, 6) is 0.0876. The lowest BCUT2D eigenvalue weighted by molar-refractivity contribution is -0.118. The molecule has 0 aliphatic carbocycles. The predicted molar refractivity (Wildman–Crippen MR) is 145 cm³/mol. The van der Waals surface area contributed by atoms with E-state index in [1.165, 1.54) is 16.7 Å². The van der Waals surface area contributed by atoms with E-state index in [4.69, 9.17) is 33.3 Å². The van der Waals surface area contributed by atoms with Crippen molar-refractivity contribution in [3.63, 3.8) is 0 Å². The molecule has 6 nitrogen and oxygen atoms in total. The molecule has 1 heterocycles. The van der Waals surface area contributed by atoms with Gasteiger partial charge in [-0.15, -0.1) is 0 Å². The maximum Gasteiger partial charge on any atom is 0.270 e. The van der Waals surface area contributed by atoms with E-state index in [1.807, 2.05) is 55.5 Å². The van der Waals surface area contributed by atoms with Crippen LogP contribution in [0.4, 0.5) is 11.4 Å². The number of amides is 2. The zero-order valence-electron chi connectivity index (χ0n) is 18.7. The van der Waals surface area contributed by atoms with E-state index in [0.29, 0.717) is 38.5 Å². The van der Waals surface area contributed by atoms with Gasteiger partial charge in [-0.05, 0) is 55.0 Å². The van der Waals surface area contributed by atoms with Gasteiger partial charge in [0.1, 0.15) is 0 Å². The van der Waals surface area contributed by atoms with Crippen molar-refractivity contribution in [1.82, 2.24) is 0 Å². The molecule has 1 aliphatic rings. The van der Waals surface area contributed by atoms with E-state index in [9.17, 15) is 9.59 Å². The van der Waals surface area contributed by atoms with Gasteiger partial charge in [0.25, 0.3) is 11.8 Å². The van der Waals surface area contributed by atoms with Crippen LogP contribution in [0.5, 0.6) is 11.5 Å². The topological polar surface area (TPSA) is 67.9 Å². The highest BCUT2D eigenvalue weighted by Crippen LogP contribution is 2.40. The highest BCUT2D eigenvalue weighted by molar-refractivity contribution is 8.27. The van der Waals surface area contributed by atoms with Crippen LogP contribution in [0.25, 0.3) is 6.08 Å². The molecule has 3 aromatic rings. The number of halogens is 1. The smallest absolute Gasteiger partial charge is 0.270 e. The normalized spacial score (nSPS) is 14.3. The van der Waals surface area contributed by atoms with E-state index < -0.39 is 0 Å². The predicted octanol–water partition coefficient (Wildman–Crippen LogP) is 6.16. The van der Waals surface area contributed by atoms with Crippen LogP contribution in [0.15, 0.2) is 77.7 Å². The molecule has 3 aromatic carbocycles. The van der Waals surface area contributed by atoms with Crippen LogP contribution in [-0.4, -0.2) is 29.3 Å². The molecule has 1 saturated heterocycles. The van der Waals surface area contributed by atoms with Gasteiger partial charge in [0, 0.05) is 5.69 Å². The zero-order valence-corrected chi connectivity index (χ0v) is 21.1. The summed E-state index contributed by atoms with van der Waals surface area (Å²) in [5, 5.41) is 3.01. The molecule has 0 saturated carbocycles. The highest BCUT2D eigenvalue weighted by Gasteiger charge is 2.33. The number of hydrogen-bond acceptors (Lipinski definition) is 6. The number of hydrogen-bond donors (Lipinski definition) is 1. The number of carbonyl (C=O) groups is 2. The first-order chi connectivity index (χ1) is 17.0. The Hall–Kier alpha value is -3.33. The van der Waals surface area contributed by atoms with Crippen molar-refractivity contribution in [3.8, 4) is 11.5 Å². The van der Waals surface area contributed by atoms with E-state index in [0.717, 1.165) is 0 Å². The lowest BCUT2D eigenvalue weighted by atomic mass is 10.1. The third-order valence-electron chi connectivity index (χ3n) is 4.84. The third-order valence-corrected chi connectivity index (χ3v) is 6.43. The minimum Gasteiger partial charge on any atom is -0.490 e. The largest absolute Gasteiger partial charge is 0.490 e. The minimum atomic E-state index is -0.330. The van der Waals surface area contributed by atoms with Crippen LogP contribution in [0.1, 0.15) is 12.5 Å². The number of para-hydroxylation sites is 2. The molecule has 0 aromatic heterocycles. The van der Waals surface area contributed by atoms with Gasteiger partial charge in [0.05, 0.1) is 22.2 Å². The van der Waals surface area contributed by atoms with Gasteiger partial charge in [-0.25, -0.2) is 0 Å². The summed E-state index contributed by atoms with van der Waals surface area (Å²) < 4.78 is 11.9. The second kappa shape index (κ2) is 11.4. The molecule has 0 radical (unpaired) electrons. The van der Waals surface area contributed by atoms with Crippen molar-refractivity contribution >= 4 is 69.2 Å². The lowest BCUT2D eigenvalue weighted by Crippen LogP contribution is -2.27. The Balaban J connectivity index is 1.53. The Labute approximate surface area is 217 Å². The van der Waals surface area contributed by atoms with E-state index in [1.54, 1.807) is 30.3 Å². The number of thioether (sulfide) groups is 1. The quantitative estimate of drug-likeness (QED) is 0.281. The van der Waals surface area contributed by atoms with Gasteiger partial charge >= 0.3 is 0 Å². The fourth-order valence-corrected chi connectivity index (χ4v) is 4.92. The van der Waals surface area contributed by atoms with Crippen LogP contribution >= 0.6 is 35.6 Å². The summed E-state index contributed by atoms with van der Waals surface area (Å²) in [6, 6.07) is 21.7. The molecular weight excluding hydrogens is 504 g/mol. The summed E-state index contributed by atoms with van der Waals surface area (Å²) >= 11 is 13.1. The van der Waals surface area contributed by atoms with E-state index in [2.05, 4.69) is 5.32 Å². The first-order valence-corrected chi connectivity index (χ1v) is 12.3. The summed E-state index contributed by atoms with van der Waals surface area (Å²) in [7, 11) is 0. The molecule has 1 N–H and O–H groups in total. The number of nitrogens with one attached hydrogen (secondary N) is 1. The summed E-state index contributed by atoms with van der Waals surface area (Å²) in [6.45, 7) is 1.95. The molecule has 1 aliphatic heterocycles. The van der Waals surface area contributed by atoms with Gasteiger partial charge in [-0.1, -0.05) is 72.0 Å². The van der Waals surface area contributed by atoms with E-state index >= 15 is 0 Å². The Morgan fingerprint density at radius 3 is 2.46 bits per heavy atom. The number of carbonyl (C=O) groups excluding carboxylic acids is 2. The molecule has 4 rings (SSSR count). The monoisotopic (exact) mass is 524 g/mol. The molecule has 9 heteroatoms. The number of thiocarbonyl (C=S) groups is 1. The van der Waals surface area contributed by atoms with E-state index in [-0.39, 0.29) is 29.2 Å². The van der Waals surface area contributed by atoms with Crippen molar-refractivity contribution in [2.45, 2.75) is 6.92 Å². The van der Waals surface area contributed by atoms with Crippen LogP contribution in [0.3, 0.4) is 0 Å².